The summed E-state index contributed by atoms with van der Waals surface area (Å²) in [5.41, 5.74) is 1.02. The number of hydrogen-bond acceptors (Lipinski definition) is 6. The minimum atomic E-state index is -0.267. The Hall–Kier alpha value is -3.22. The van der Waals surface area contributed by atoms with Crippen LogP contribution in [0.15, 0.2) is 41.2 Å². The van der Waals surface area contributed by atoms with Crippen molar-refractivity contribution in [3.63, 3.8) is 0 Å². The summed E-state index contributed by atoms with van der Waals surface area (Å²) in [6.07, 6.45) is 0. The number of methoxy groups -OCH3 is 3. The minimum absolute atomic E-state index is 0.267. The van der Waals surface area contributed by atoms with Crippen molar-refractivity contribution in [3.8, 4) is 17.2 Å². The van der Waals surface area contributed by atoms with Crippen molar-refractivity contribution in [1.29, 1.82) is 0 Å². The molecule has 1 aromatic heterocycles. The first-order chi connectivity index (χ1) is 11.6. The number of aromatic nitrogens is 2. The van der Waals surface area contributed by atoms with E-state index in [4.69, 9.17) is 14.2 Å². The van der Waals surface area contributed by atoms with Gasteiger partial charge in [0.15, 0.2) is 11.5 Å². The SMILES string of the molecule is COc1ccc(Nc2nc3cc(OC)c(OC)cc3c(=O)[nH]2)cc1. The molecule has 0 spiro atoms. The van der Waals surface area contributed by atoms with Crippen LogP contribution in [0.3, 0.4) is 0 Å². The molecule has 0 bridgehead atoms. The van der Waals surface area contributed by atoms with Gasteiger partial charge in [0.05, 0.1) is 32.2 Å². The van der Waals surface area contributed by atoms with Gasteiger partial charge in [-0.25, -0.2) is 4.98 Å². The van der Waals surface area contributed by atoms with E-state index in [2.05, 4.69) is 15.3 Å². The molecule has 7 heteroatoms. The number of benzene rings is 2. The lowest BCUT2D eigenvalue weighted by molar-refractivity contribution is 0.355. The zero-order valence-corrected chi connectivity index (χ0v) is 13.5. The molecule has 3 rings (SSSR count). The van der Waals surface area contributed by atoms with E-state index in [1.165, 1.54) is 14.2 Å². The fraction of sp³-hybridized carbons (Fsp3) is 0.176. The van der Waals surface area contributed by atoms with Crippen LogP contribution in [0.25, 0.3) is 10.9 Å². The minimum Gasteiger partial charge on any atom is -0.497 e. The third-order valence-corrected chi connectivity index (χ3v) is 3.56. The van der Waals surface area contributed by atoms with E-state index in [1.54, 1.807) is 19.2 Å². The molecule has 2 aromatic carbocycles. The maximum absolute atomic E-state index is 12.3. The number of H-pyrrole nitrogens is 1. The van der Waals surface area contributed by atoms with Gasteiger partial charge in [-0.2, -0.15) is 0 Å². The molecule has 0 fully saturated rings. The molecule has 2 N–H and O–H groups in total. The zero-order chi connectivity index (χ0) is 17.1. The van der Waals surface area contributed by atoms with Crippen molar-refractivity contribution in [2.75, 3.05) is 26.6 Å². The highest BCUT2D eigenvalue weighted by Gasteiger charge is 2.11. The van der Waals surface area contributed by atoms with Crippen LogP contribution in [-0.4, -0.2) is 31.3 Å². The van der Waals surface area contributed by atoms with Crippen molar-refractivity contribution in [3.05, 3.63) is 46.8 Å². The Morgan fingerprint density at radius 2 is 1.62 bits per heavy atom. The Labute approximate surface area is 138 Å². The molecule has 24 heavy (non-hydrogen) atoms. The number of nitrogens with one attached hydrogen (secondary N) is 2. The van der Waals surface area contributed by atoms with Crippen LogP contribution in [0, 0.1) is 0 Å². The monoisotopic (exact) mass is 327 g/mol. The van der Waals surface area contributed by atoms with Crippen molar-refractivity contribution < 1.29 is 14.2 Å². The van der Waals surface area contributed by atoms with E-state index in [1.807, 2.05) is 24.3 Å². The van der Waals surface area contributed by atoms with Gasteiger partial charge in [-0.1, -0.05) is 0 Å². The van der Waals surface area contributed by atoms with E-state index in [0.29, 0.717) is 28.4 Å². The van der Waals surface area contributed by atoms with Crippen LogP contribution in [0.4, 0.5) is 11.6 Å². The van der Waals surface area contributed by atoms with Crippen molar-refractivity contribution in [2.45, 2.75) is 0 Å². The fourth-order valence-electron chi connectivity index (χ4n) is 2.34. The number of aromatic amines is 1. The van der Waals surface area contributed by atoms with Gasteiger partial charge in [-0.15, -0.1) is 0 Å². The molecule has 0 unspecified atom stereocenters. The topological polar surface area (TPSA) is 85.5 Å². The van der Waals surface area contributed by atoms with Crippen LogP contribution in [0.5, 0.6) is 17.2 Å². The van der Waals surface area contributed by atoms with Crippen LogP contribution in [0.1, 0.15) is 0 Å². The van der Waals surface area contributed by atoms with Crippen molar-refractivity contribution in [2.24, 2.45) is 0 Å². The maximum Gasteiger partial charge on any atom is 0.260 e. The number of nitrogens with zero attached hydrogens (tertiary/aromatic N) is 1. The molecular formula is C17H17N3O4. The number of hydrogen-bond donors (Lipinski definition) is 2. The second kappa shape index (κ2) is 6.49. The first-order valence-corrected chi connectivity index (χ1v) is 7.21. The highest BCUT2D eigenvalue weighted by atomic mass is 16.5. The van der Waals surface area contributed by atoms with E-state index in [0.717, 1.165) is 11.4 Å². The average Bonchev–Trinajstić information content (AvgIpc) is 2.61. The predicted octanol–water partition coefficient (Wildman–Crippen LogP) is 2.69. The third-order valence-electron chi connectivity index (χ3n) is 3.56. The summed E-state index contributed by atoms with van der Waals surface area (Å²) in [5.74, 6) is 2.08. The molecule has 0 atom stereocenters. The summed E-state index contributed by atoms with van der Waals surface area (Å²) >= 11 is 0. The van der Waals surface area contributed by atoms with Gasteiger partial charge in [0.25, 0.3) is 5.56 Å². The number of anilines is 2. The Bertz CT molecular complexity index is 920. The molecular weight excluding hydrogens is 310 g/mol. The highest BCUT2D eigenvalue weighted by Crippen LogP contribution is 2.30. The van der Waals surface area contributed by atoms with Crippen molar-refractivity contribution in [1.82, 2.24) is 9.97 Å². The molecule has 124 valence electrons. The maximum atomic E-state index is 12.3. The van der Waals surface area contributed by atoms with Gasteiger partial charge in [-0.3, -0.25) is 9.78 Å². The van der Waals surface area contributed by atoms with Gasteiger partial charge < -0.3 is 19.5 Å². The molecule has 0 saturated heterocycles. The second-order valence-corrected chi connectivity index (χ2v) is 4.99. The van der Waals surface area contributed by atoms with E-state index >= 15 is 0 Å². The van der Waals surface area contributed by atoms with Crippen LogP contribution in [0.2, 0.25) is 0 Å². The second-order valence-electron chi connectivity index (χ2n) is 4.99. The molecule has 0 aliphatic heterocycles. The number of ether oxygens (including phenoxy) is 3. The molecule has 0 amide bonds. The first-order valence-electron chi connectivity index (χ1n) is 7.21. The summed E-state index contributed by atoms with van der Waals surface area (Å²) in [6, 6.07) is 10.6. The van der Waals surface area contributed by atoms with Gasteiger partial charge in [0.2, 0.25) is 5.95 Å². The third kappa shape index (κ3) is 2.96. The Kier molecular flexibility index (Phi) is 4.24. The quantitative estimate of drug-likeness (QED) is 0.749. The Morgan fingerprint density at radius 1 is 0.958 bits per heavy atom. The standard InChI is InChI=1S/C17H17N3O4/c1-22-11-6-4-10(5-7-11)18-17-19-13-9-15(24-3)14(23-2)8-12(13)16(21)20-17/h4-9H,1-3H3,(H2,18,19,20,21). The van der Waals surface area contributed by atoms with Gasteiger partial charge >= 0.3 is 0 Å². The normalized spacial score (nSPS) is 10.5. The largest absolute Gasteiger partial charge is 0.497 e. The van der Waals surface area contributed by atoms with E-state index < -0.39 is 0 Å². The zero-order valence-electron chi connectivity index (χ0n) is 13.5. The molecule has 0 radical (unpaired) electrons. The molecule has 7 nitrogen and oxygen atoms in total. The molecule has 3 aromatic rings. The summed E-state index contributed by atoms with van der Waals surface area (Å²) < 4.78 is 15.6. The highest BCUT2D eigenvalue weighted by molar-refractivity contribution is 5.83. The predicted molar refractivity (Wildman–Crippen MR) is 91.7 cm³/mol. The average molecular weight is 327 g/mol. The molecule has 0 aliphatic rings. The summed E-state index contributed by atoms with van der Waals surface area (Å²) in [7, 11) is 4.66. The molecule has 1 heterocycles. The first kappa shape index (κ1) is 15.7. The van der Waals surface area contributed by atoms with E-state index in [-0.39, 0.29) is 5.56 Å². The fourth-order valence-corrected chi connectivity index (χ4v) is 2.34. The summed E-state index contributed by atoms with van der Waals surface area (Å²) in [5, 5.41) is 3.48. The van der Waals surface area contributed by atoms with Gasteiger partial charge in [0.1, 0.15) is 5.75 Å². The Morgan fingerprint density at radius 3 is 2.25 bits per heavy atom. The lowest BCUT2D eigenvalue weighted by atomic mass is 10.2. The van der Waals surface area contributed by atoms with Gasteiger partial charge in [0, 0.05) is 11.8 Å². The van der Waals surface area contributed by atoms with Crippen LogP contribution >= 0.6 is 0 Å². The van der Waals surface area contributed by atoms with Crippen LogP contribution < -0.4 is 25.1 Å². The van der Waals surface area contributed by atoms with Crippen LogP contribution in [-0.2, 0) is 0 Å². The summed E-state index contributed by atoms with van der Waals surface area (Å²) in [6.45, 7) is 0. The lowest BCUT2D eigenvalue weighted by Crippen LogP contribution is -2.11. The van der Waals surface area contributed by atoms with E-state index in [9.17, 15) is 4.79 Å². The molecule has 0 aliphatic carbocycles. The smallest absolute Gasteiger partial charge is 0.260 e. The molecule has 0 saturated carbocycles. The summed E-state index contributed by atoms with van der Waals surface area (Å²) in [4.78, 5) is 19.4. The van der Waals surface area contributed by atoms with Gasteiger partial charge in [-0.05, 0) is 30.3 Å². The number of rotatable bonds is 5. The number of fused-ring (bicyclic) bond motifs is 1. The van der Waals surface area contributed by atoms with Crippen molar-refractivity contribution >= 4 is 22.5 Å². The lowest BCUT2D eigenvalue weighted by Gasteiger charge is -2.10. The Balaban J connectivity index is 2.01.